The van der Waals surface area contributed by atoms with Crippen LogP contribution in [0, 0.1) is 20.8 Å². The van der Waals surface area contributed by atoms with E-state index in [9.17, 15) is 13.2 Å². The molecule has 124 valence electrons. The lowest BCUT2D eigenvalue weighted by Crippen LogP contribution is -2.26. The SMILES string of the molecule is CCc1cc(C)cc(C)c1-c1c(S(C)(=O)=O)c(C)nn(C)c1=O. The first-order chi connectivity index (χ1) is 10.6. The van der Waals surface area contributed by atoms with Crippen molar-refractivity contribution in [3.8, 4) is 11.1 Å². The Labute approximate surface area is 136 Å². The molecule has 6 heteroatoms. The lowest BCUT2D eigenvalue weighted by atomic mass is 9.92. The molecule has 0 fully saturated rings. The zero-order chi connectivity index (χ0) is 17.5. The smallest absolute Gasteiger partial charge is 0.267 e. The quantitative estimate of drug-likeness (QED) is 0.864. The highest BCUT2D eigenvalue weighted by molar-refractivity contribution is 7.90. The van der Waals surface area contributed by atoms with Crippen molar-refractivity contribution in [2.24, 2.45) is 7.05 Å². The minimum Gasteiger partial charge on any atom is -0.267 e. The number of aryl methyl sites for hydroxylation is 5. The number of sulfone groups is 1. The second kappa shape index (κ2) is 5.92. The molecule has 0 saturated carbocycles. The fourth-order valence-corrected chi connectivity index (χ4v) is 4.26. The molecule has 0 atom stereocenters. The van der Waals surface area contributed by atoms with E-state index in [4.69, 9.17) is 0 Å². The van der Waals surface area contributed by atoms with Gasteiger partial charge in [0.2, 0.25) is 0 Å². The van der Waals surface area contributed by atoms with Gasteiger partial charge < -0.3 is 0 Å². The minimum absolute atomic E-state index is 0.0299. The van der Waals surface area contributed by atoms with E-state index in [1.54, 1.807) is 14.0 Å². The van der Waals surface area contributed by atoms with Gasteiger partial charge in [-0.05, 0) is 43.9 Å². The van der Waals surface area contributed by atoms with E-state index in [1.807, 2.05) is 32.9 Å². The minimum atomic E-state index is -3.58. The summed E-state index contributed by atoms with van der Waals surface area (Å²) in [6, 6.07) is 3.97. The molecule has 0 aliphatic heterocycles. The fourth-order valence-electron chi connectivity index (χ4n) is 3.12. The highest BCUT2D eigenvalue weighted by atomic mass is 32.2. The highest BCUT2D eigenvalue weighted by Crippen LogP contribution is 2.32. The summed E-state index contributed by atoms with van der Waals surface area (Å²) >= 11 is 0. The Morgan fingerprint density at radius 1 is 1.13 bits per heavy atom. The third-order valence-electron chi connectivity index (χ3n) is 3.93. The number of rotatable bonds is 3. The van der Waals surface area contributed by atoms with E-state index in [0.717, 1.165) is 22.9 Å². The van der Waals surface area contributed by atoms with E-state index in [2.05, 4.69) is 5.10 Å². The molecule has 0 aliphatic rings. The molecule has 0 radical (unpaired) electrons. The molecule has 23 heavy (non-hydrogen) atoms. The normalized spacial score (nSPS) is 11.7. The van der Waals surface area contributed by atoms with Crippen molar-refractivity contribution in [1.29, 1.82) is 0 Å². The molecule has 1 aromatic carbocycles. The largest absolute Gasteiger partial charge is 0.275 e. The second-order valence-electron chi connectivity index (χ2n) is 5.96. The molecule has 0 spiro atoms. The van der Waals surface area contributed by atoms with Crippen LogP contribution in [-0.4, -0.2) is 24.5 Å². The Morgan fingerprint density at radius 3 is 2.26 bits per heavy atom. The van der Waals surface area contributed by atoms with Crippen LogP contribution in [0.25, 0.3) is 11.1 Å². The second-order valence-corrected chi connectivity index (χ2v) is 7.91. The van der Waals surface area contributed by atoms with Crippen molar-refractivity contribution in [1.82, 2.24) is 9.78 Å². The Bertz CT molecular complexity index is 941. The standard InChI is InChI=1S/C17H22N2O3S/c1-7-13-9-10(2)8-11(3)14(13)15-16(23(6,21)22)12(4)18-19(5)17(15)20/h8-9H,7H2,1-6H3. The molecule has 1 heterocycles. The average molecular weight is 334 g/mol. The van der Waals surface area contributed by atoms with Gasteiger partial charge in [-0.3, -0.25) is 4.79 Å². The van der Waals surface area contributed by atoms with Gasteiger partial charge in [-0.1, -0.05) is 24.6 Å². The van der Waals surface area contributed by atoms with E-state index in [0.29, 0.717) is 17.7 Å². The summed E-state index contributed by atoms with van der Waals surface area (Å²) in [5.74, 6) is 0. The van der Waals surface area contributed by atoms with Gasteiger partial charge in [0.05, 0.1) is 11.3 Å². The maximum absolute atomic E-state index is 12.7. The van der Waals surface area contributed by atoms with E-state index in [-0.39, 0.29) is 10.5 Å². The lowest BCUT2D eigenvalue weighted by Gasteiger charge is -2.17. The predicted octanol–water partition coefficient (Wildman–Crippen LogP) is 2.34. The monoisotopic (exact) mass is 334 g/mol. The van der Waals surface area contributed by atoms with Crippen LogP contribution in [0.4, 0.5) is 0 Å². The summed E-state index contributed by atoms with van der Waals surface area (Å²) in [7, 11) is -2.04. The summed E-state index contributed by atoms with van der Waals surface area (Å²) in [6.07, 6.45) is 1.83. The third kappa shape index (κ3) is 3.08. The molecular formula is C17H22N2O3S. The first-order valence-corrected chi connectivity index (χ1v) is 9.35. The zero-order valence-electron chi connectivity index (χ0n) is 14.4. The Hall–Kier alpha value is -1.95. The van der Waals surface area contributed by atoms with Crippen molar-refractivity contribution in [2.75, 3.05) is 6.26 Å². The van der Waals surface area contributed by atoms with Crippen LogP contribution in [-0.2, 0) is 23.3 Å². The highest BCUT2D eigenvalue weighted by Gasteiger charge is 2.25. The van der Waals surface area contributed by atoms with Crippen LogP contribution in [0.1, 0.15) is 29.3 Å². The average Bonchev–Trinajstić information content (AvgIpc) is 2.40. The van der Waals surface area contributed by atoms with Crippen LogP contribution in [0.3, 0.4) is 0 Å². The number of aromatic nitrogens is 2. The van der Waals surface area contributed by atoms with E-state index >= 15 is 0 Å². The van der Waals surface area contributed by atoms with E-state index < -0.39 is 15.4 Å². The van der Waals surface area contributed by atoms with Crippen molar-refractivity contribution in [3.63, 3.8) is 0 Å². The molecule has 0 amide bonds. The molecule has 2 aromatic rings. The number of benzene rings is 1. The Morgan fingerprint density at radius 2 is 1.74 bits per heavy atom. The number of hydrogen-bond donors (Lipinski definition) is 0. The summed E-state index contributed by atoms with van der Waals surface area (Å²) in [5.41, 5.74) is 3.85. The summed E-state index contributed by atoms with van der Waals surface area (Å²) in [5, 5.41) is 4.05. The number of nitrogens with zero attached hydrogens (tertiary/aromatic N) is 2. The Balaban J connectivity index is 3.10. The van der Waals surface area contributed by atoms with Crippen molar-refractivity contribution < 1.29 is 8.42 Å². The van der Waals surface area contributed by atoms with Crippen LogP contribution in [0.15, 0.2) is 21.8 Å². The van der Waals surface area contributed by atoms with Gasteiger partial charge in [-0.25, -0.2) is 13.1 Å². The molecule has 0 aliphatic carbocycles. The van der Waals surface area contributed by atoms with Crippen molar-refractivity contribution >= 4 is 9.84 Å². The van der Waals surface area contributed by atoms with Gasteiger partial charge >= 0.3 is 0 Å². The third-order valence-corrected chi connectivity index (χ3v) is 5.17. The molecule has 0 saturated heterocycles. The van der Waals surface area contributed by atoms with Gasteiger partial charge in [0.1, 0.15) is 4.90 Å². The fraction of sp³-hybridized carbons (Fsp3) is 0.412. The topological polar surface area (TPSA) is 69.0 Å². The molecule has 5 nitrogen and oxygen atoms in total. The summed E-state index contributed by atoms with van der Waals surface area (Å²) in [4.78, 5) is 12.8. The lowest BCUT2D eigenvalue weighted by molar-refractivity contribution is 0.596. The van der Waals surface area contributed by atoms with Crippen LogP contribution >= 0.6 is 0 Å². The zero-order valence-corrected chi connectivity index (χ0v) is 15.2. The maximum atomic E-state index is 12.7. The summed E-state index contributed by atoms with van der Waals surface area (Å²) in [6.45, 7) is 7.51. The predicted molar refractivity (Wildman–Crippen MR) is 91.6 cm³/mol. The van der Waals surface area contributed by atoms with Gasteiger partial charge in [0.25, 0.3) is 5.56 Å². The number of hydrogen-bond acceptors (Lipinski definition) is 4. The van der Waals surface area contributed by atoms with Crippen molar-refractivity contribution in [2.45, 2.75) is 39.0 Å². The summed E-state index contributed by atoms with van der Waals surface area (Å²) < 4.78 is 25.8. The van der Waals surface area contributed by atoms with Crippen molar-refractivity contribution in [3.05, 3.63) is 44.9 Å². The molecule has 1 aromatic heterocycles. The van der Waals surface area contributed by atoms with Crippen LogP contribution < -0.4 is 5.56 Å². The van der Waals surface area contributed by atoms with Crippen LogP contribution in [0.5, 0.6) is 0 Å². The van der Waals surface area contributed by atoms with Gasteiger partial charge in [0.15, 0.2) is 9.84 Å². The van der Waals surface area contributed by atoms with Gasteiger partial charge in [-0.2, -0.15) is 5.10 Å². The van der Waals surface area contributed by atoms with Crippen LogP contribution in [0.2, 0.25) is 0 Å². The molecule has 0 N–H and O–H groups in total. The first-order valence-electron chi connectivity index (χ1n) is 7.46. The molecule has 0 unspecified atom stereocenters. The van der Waals surface area contributed by atoms with Gasteiger partial charge in [0, 0.05) is 13.3 Å². The van der Waals surface area contributed by atoms with Gasteiger partial charge in [-0.15, -0.1) is 0 Å². The Kier molecular flexibility index (Phi) is 4.48. The molecular weight excluding hydrogens is 312 g/mol. The maximum Gasteiger partial charge on any atom is 0.275 e. The molecule has 2 rings (SSSR count). The first kappa shape index (κ1) is 17.4. The molecule has 0 bridgehead atoms. The van der Waals surface area contributed by atoms with E-state index in [1.165, 1.54) is 4.68 Å².